The van der Waals surface area contributed by atoms with Crippen molar-refractivity contribution in [3.63, 3.8) is 0 Å². The van der Waals surface area contributed by atoms with E-state index in [-0.39, 0.29) is 5.91 Å². The maximum Gasteiger partial charge on any atom is 0.264 e. The van der Waals surface area contributed by atoms with Crippen LogP contribution in [0.4, 0.5) is 0 Å². The third-order valence-electron chi connectivity index (χ3n) is 3.43. The molecule has 18 heavy (non-hydrogen) atoms. The maximum absolute atomic E-state index is 12.6. The van der Waals surface area contributed by atoms with Gasteiger partial charge in [-0.15, -0.1) is 11.3 Å². The average molecular weight is 266 g/mol. The predicted molar refractivity (Wildman–Crippen MR) is 76.3 cm³/mol. The van der Waals surface area contributed by atoms with Crippen molar-refractivity contribution in [1.29, 1.82) is 0 Å². The van der Waals surface area contributed by atoms with Gasteiger partial charge < -0.3 is 10.2 Å². The van der Waals surface area contributed by atoms with Gasteiger partial charge in [-0.05, 0) is 51.4 Å². The van der Waals surface area contributed by atoms with Gasteiger partial charge in [0.25, 0.3) is 5.91 Å². The van der Waals surface area contributed by atoms with Crippen molar-refractivity contribution in [2.24, 2.45) is 0 Å². The second kappa shape index (κ2) is 6.34. The van der Waals surface area contributed by atoms with Gasteiger partial charge in [-0.25, -0.2) is 0 Å². The van der Waals surface area contributed by atoms with Gasteiger partial charge in [0.1, 0.15) is 0 Å². The number of nitrogens with zero attached hydrogens (tertiary/aromatic N) is 1. The van der Waals surface area contributed by atoms with Gasteiger partial charge in [0.05, 0.1) is 4.88 Å². The zero-order valence-electron chi connectivity index (χ0n) is 11.2. The summed E-state index contributed by atoms with van der Waals surface area (Å²) in [6.07, 6.45) is 3.19. The molecule has 1 aromatic rings. The minimum Gasteiger partial charge on any atom is -0.335 e. The molecule has 0 radical (unpaired) electrons. The Morgan fingerprint density at radius 3 is 2.72 bits per heavy atom. The Balaban J connectivity index is 2.10. The molecule has 1 amide bonds. The summed E-state index contributed by atoms with van der Waals surface area (Å²) in [6.45, 7) is 7.13. The molecule has 1 N–H and O–H groups in total. The SMILES string of the molecule is CCCN(C(=O)c1ccc(C)s1)C1CCNCC1. The maximum atomic E-state index is 12.6. The Morgan fingerprint density at radius 2 is 2.17 bits per heavy atom. The molecule has 0 unspecified atom stereocenters. The first-order chi connectivity index (χ1) is 8.72. The lowest BCUT2D eigenvalue weighted by atomic mass is 10.0. The molecule has 0 atom stereocenters. The van der Waals surface area contributed by atoms with Crippen LogP contribution in [0.25, 0.3) is 0 Å². The van der Waals surface area contributed by atoms with Gasteiger partial charge in [-0.2, -0.15) is 0 Å². The molecule has 100 valence electrons. The highest BCUT2D eigenvalue weighted by atomic mass is 32.1. The summed E-state index contributed by atoms with van der Waals surface area (Å²) in [6, 6.07) is 4.41. The van der Waals surface area contributed by atoms with Crippen LogP contribution in [0.1, 0.15) is 40.7 Å². The summed E-state index contributed by atoms with van der Waals surface area (Å²) in [5.41, 5.74) is 0. The molecule has 0 aliphatic carbocycles. The molecule has 1 saturated heterocycles. The second-order valence-electron chi connectivity index (χ2n) is 4.89. The van der Waals surface area contributed by atoms with Gasteiger partial charge in [0.2, 0.25) is 0 Å². The van der Waals surface area contributed by atoms with E-state index < -0.39 is 0 Å². The summed E-state index contributed by atoms with van der Waals surface area (Å²) in [4.78, 5) is 16.7. The van der Waals surface area contributed by atoms with Crippen LogP contribution in [-0.4, -0.2) is 36.5 Å². The molecular formula is C14H22N2OS. The monoisotopic (exact) mass is 266 g/mol. The van der Waals surface area contributed by atoms with E-state index in [2.05, 4.69) is 24.1 Å². The zero-order chi connectivity index (χ0) is 13.0. The molecule has 0 bridgehead atoms. The van der Waals surface area contributed by atoms with Crippen LogP contribution in [0.3, 0.4) is 0 Å². The van der Waals surface area contributed by atoms with Crippen LogP contribution in [0, 0.1) is 6.92 Å². The molecule has 1 fully saturated rings. The number of carbonyl (C=O) groups is 1. The normalized spacial score (nSPS) is 16.8. The van der Waals surface area contributed by atoms with Crippen molar-refractivity contribution in [2.75, 3.05) is 19.6 Å². The first-order valence-electron chi connectivity index (χ1n) is 6.80. The van der Waals surface area contributed by atoms with Crippen molar-refractivity contribution in [3.8, 4) is 0 Å². The molecule has 2 rings (SSSR count). The fraction of sp³-hybridized carbons (Fsp3) is 0.643. The lowest BCUT2D eigenvalue weighted by Crippen LogP contribution is -2.46. The topological polar surface area (TPSA) is 32.3 Å². The lowest BCUT2D eigenvalue weighted by molar-refractivity contribution is 0.0647. The number of thiophene rings is 1. The Hall–Kier alpha value is -0.870. The molecule has 4 heteroatoms. The minimum atomic E-state index is 0.224. The van der Waals surface area contributed by atoms with Crippen molar-refractivity contribution < 1.29 is 4.79 Å². The molecule has 1 aliphatic rings. The van der Waals surface area contributed by atoms with Gasteiger partial charge in [0, 0.05) is 17.5 Å². The summed E-state index contributed by atoms with van der Waals surface area (Å²) < 4.78 is 0. The van der Waals surface area contributed by atoms with Crippen LogP contribution in [0.15, 0.2) is 12.1 Å². The minimum absolute atomic E-state index is 0.224. The van der Waals surface area contributed by atoms with Crippen LogP contribution in [-0.2, 0) is 0 Å². The number of piperidine rings is 1. The van der Waals surface area contributed by atoms with Crippen molar-refractivity contribution >= 4 is 17.2 Å². The van der Waals surface area contributed by atoms with Crippen molar-refractivity contribution in [1.82, 2.24) is 10.2 Å². The fourth-order valence-electron chi connectivity index (χ4n) is 2.50. The Morgan fingerprint density at radius 1 is 1.44 bits per heavy atom. The van der Waals surface area contributed by atoms with Crippen molar-refractivity contribution in [3.05, 3.63) is 21.9 Å². The standard InChI is InChI=1S/C14H22N2OS/c1-3-10-16(12-6-8-15-9-7-12)14(17)13-5-4-11(2)18-13/h4-5,12,15H,3,6-10H2,1-2H3. The van der Waals surface area contributed by atoms with E-state index in [0.717, 1.165) is 43.8 Å². The van der Waals surface area contributed by atoms with Crippen LogP contribution in [0.5, 0.6) is 0 Å². The van der Waals surface area contributed by atoms with Gasteiger partial charge in [0.15, 0.2) is 0 Å². The largest absolute Gasteiger partial charge is 0.335 e. The Labute approximate surface area is 113 Å². The van der Waals surface area contributed by atoms with E-state index in [4.69, 9.17) is 0 Å². The summed E-state index contributed by atoms with van der Waals surface area (Å²) in [5.74, 6) is 0.224. The molecule has 0 saturated carbocycles. The summed E-state index contributed by atoms with van der Waals surface area (Å²) >= 11 is 1.61. The summed E-state index contributed by atoms with van der Waals surface area (Å²) in [7, 11) is 0. The highest BCUT2D eigenvalue weighted by Crippen LogP contribution is 2.21. The highest BCUT2D eigenvalue weighted by Gasteiger charge is 2.26. The third kappa shape index (κ3) is 3.12. The predicted octanol–water partition coefficient (Wildman–Crippen LogP) is 2.66. The number of hydrogen-bond acceptors (Lipinski definition) is 3. The second-order valence-corrected chi connectivity index (χ2v) is 6.18. The number of carbonyl (C=O) groups excluding carboxylic acids is 1. The van der Waals surface area contributed by atoms with E-state index in [1.165, 1.54) is 4.88 Å². The quantitative estimate of drug-likeness (QED) is 0.908. The number of rotatable bonds is 4. The summed E-state index contributed by atoms with van der Waals surface area (Å²) in [5, 5.41) is 3.36. The highest BCUT2D eigenvalue weighted by molar-refractivity contribution is 7.13. The van der Waals surface area contributed by atoms with Gasteiger partial charge in [-0.3, -0.25) is 4.79 Å². The van der Waals surface area contributed by atoms with Gasteiger partial charge >= 0.3 is 0 Å². The molecular weight excluding hydrogens is 244 g/mol. The Kier molecular flexibility index (Phi) is 4.78. The molecule has 2 heterocycles. The number of amides is 1. The lowest BCUT2D eigenvalue weighted by Gasteiger charge is -2.34. The van der Waals surface area contributed by atoms with E-state index in [9.17, 15) is 4.79 Å². The number of hydrogen-bond donors (Lipinski definition) is 1. The van der Waals surface area contributed by atoms with Gasteiger partial charge in [-0.1, -0.05) is 6.92 Å². The first kappa shape index (κ1) is 13.6. The smallest absolute Gasteiger partial charge is 0.264 e. The Bertz CT molecular complexity index is 396. The number of nitrogens with one attached hydrogen (secondary N) is 1. The molecule has 1 aromatic heterocycles. The molecule has 0 aromatic carbocycles. The van der Waals surface area contributed by atoms with Crippen LogP contribution < -0.4 is 5.32 Å². The van der Waals surface area contributed by atoms with E-state index in [0.29, 0.717) is 6.04 Å². The third-order valence-corrected chi connectivity index (χ3v) is 4.41. The zero-order valence-corrected chi connectivity index (χ0v) is 12.1. The van der Waals surface area contributed by atoms with Crippen molar-refractivity contribution in [2.45, 2.75) is 39.2 Å². The average Bonchev–Trinajstić information content (AvgIpc) is 2.83. The van der Waals surface area contributed by atoms with E-state index >= 15 is 0 Å². The molecule has 0 spiro atoms. The fourth-order valence-corrected chi connectivity index (χ4v) is 3.32. The molecule has 1 aliphatic heterocycles. The van der Waals surface area contributed by atoms with Crippen LogP contribution in [0.2, 0.25) is 0 Å². The van der Waals surface area contributed by atoms with Crippen LogP contribution >= 0.6 is 11.3 Å². The van der Waals surface area contributed by atoms with E-state index in [1.54, 1.807) is 11.3 Å². The first-order valence-corrected chi connectivity index (χ1v) is 7.62. The molecule has 3 nitrogen and oxygen atoms in total. The van der Waals surface area contributed by atoms with E-state index in [1.807, 2.05) is 12.1 Å². The number of aryl methyl sites for hydroxylation is 1.